The number of hydrogen-bond acceptors (Lipinski definition) is 5. The Morgan fingerprint density at radius 2 is 2.00 bits per heavy atom. The van der Waals surface area contributed by atoms with Crippen molar-refractivity contribution in [2.45, 2.75) is 39.7 Å². The summed E-state index contributed by atoms with van der Waals surface area (Å²) in [6.45, 7) is 3.96. The fourth-order valence-corrected chi connectivity index (χ4v) is 3.45. The highest BCUT2D eigenvalue weighted by Gasteiger charge is 2.19. The van der Waals surface area contributed by atoms with Crippen molar-refractivity contribution in [2.75, 3.05) is 0 Å². The number of fused-ring (bicyclic) bond motifs is 1. The zero-order valence-corrected chi connectivity index (χ0v) is 13.3. The quantitative estimate of drug-likeness (QED) is 0.812. The number of nitrogens with zero attached hydrogens (tertiary/aromatic N) is 2. The van der Waals surface area contributed by atoms with Crippen LogP contribution in [0.4, 0.5) is 0 Å². The van der Waals surface area contributed by atoms with E-state index >= 15 is 0 Å². The molecule has 4 N–H and O–H groups in total. The van der Waals surface area contributed by atoms with Gasteiger partial charge < -0.3 is 11.5 Å². The smallest absolute Gasteiger partial charge is 0.262 e. The lowest BCUT2D eigenvalue weighted by Crippen LogP contribution is -2.26. The van der Waals surface area contributed by atoms with Crippen LogP contribution in [0.25, 0.3) is 10.2 Å². The van der Waals surface area contributed by atoms with Gasteiger partial charge in [-0.1, -0.05) is 6.92 Å². The molecule has 0 atom stereocenters. The lowest BCUT2D eigenvalue weighted by Gasteiger charge is -2.10. The number of nitrogens with two attached hydrogens (primary N) is 2. The molecular weight excluding hydrogens is 304 g/mol. The first-order valence-electron chi connectivity index (χ1n) is 6.97. The Bertz CT molecular complexity index is 807. The zero-order valence-electron chi connectivity index (χ0n) is 12.5. The number of carbonyl (C=O) groups excluding carboxylic acids is 2. The van der Waals surface area contributed by atoms with E-state index in [1.54, 1.807) is 11.5 Å². The second-order valence-electron chi connectivity index (χ2n) is 5.01. The fraction of sp³-hybridized carbons (Fsp3) is 0.429. The predicted molar refractivity (Wildman–Crippen MR) is 84.9 cm³/mol. The van der Waals surface area contributed by atoms with Crippen molar-refractivity contribution in [1.29, 1.82) is 0 Å². The highest BCUT2D eigenvalue weighted by atomic mass is 32.1. The van der Waals surface area contributed by atoms with Crippen molar-refractivity contribution in [3.63, 3.8) is 0 Å². The second kappa shape index (κ2) is 6.27. The normalized spacial score (nSPS) is 11.0. The van der Waals surface area contributed by atoms with Crippen LogP contribution in [0.3, 0.4) is 0 Å². The lowest BCUT2D eigenvalue weighted by molar-refractivity contribution is -0.118. The summed E-state index contributed by atoms with van der Waals surface area (Å²) < 4.78 is 1.55. The van der Waals surface area contributed by atoms with Crippen molar-refractivity contribution in [2.24, 2.45) is 11.5 Å². The Labute approximate surface area is 130 Å². The molecule has 22 heavy (non-hydrogen) atoms. The van der Waals surface area contributed by atoms with Crippen molar-refractivity contribution in [1.82, 2.24) is 9.55 Å². The van der Waals surface area contributed by atoms with E-state index in [4.69, 9.17) is 11.5 Å². The summed E-state index contributed by atoms with van der Waals surface area (Å²) in [5, 5.41) is 0.426. The van der Waals surface area contributed by atoms with Gasteiger partial charge in [0.2, 0.25) is 5.91 Å². The summed E-state index contributed by atoms with van der Waals surface area (Å²) in [6, 6.07) is 0. The average molecular weight is 322 g/mol. The molecule has 2 aromatic rings. The van der Waals surface area contributed by atoms with Gasteiger partial charge in [0.25, 0.3) is 11.5 Å². The van der Waals surface area contributed by atoms with Gasteiger partial charge in [-0.15, -0.1) is 11.3 Å². The van der Waals surface area contributed by atoms with Gasteiger partial charge in [-0.05, 0) is 18.9 Å². The maximum Gasteiger partial charge on any atom is 0.262 e. The van der Waals surface area contributed by atoms with Crippen LogP contribution < -0.4 is 17.0 Å². The molecule has 0 radical (unpaired) electrons. The SMILES string of the molecule is CCc1nc2sc(C(N)=O)c(C)c2c(=O)n1CCCC(N)=O. The van der Waals surface area contributed by atoms with Crippen molar-refractivity contribution >= 4 is 33.4 Å². The average Bonchev–Trinajstić information content (AvgIpc) is 2.78. The maximum atomic E-state index is 12.7. The fourth-order valence-electron chi connectivity index (χ4n) is 2.41. The van der Waals surface area contributed by atoms with Gasteiger partial charge in [-0.25, -0.2) is 4.98 Å². The Balaban J connectivity index is 2.58. The number of thiophene rings is 1. The summed E-state index contributed by atoms with van der Waals surface area (Å²) in [7, 11) is 0. The first kappa shape index (κ1) is 16.2. The number of aryl methyl sites for hydroxylation is 2. The minimum atomic E-state index is -0.557. The van der Waals surface area contributed by atoms with Crippen LogP contribution >= 0.6 is 11.3 Å². The van der Waals surface area contributed by atoms with E-state index < -0.39 is 11.8 Å². The molecule has 0 aliphatic carbocycles. The molecule has 2 heterocycles. The van der Waals surface area contributed by atoms with E-state index in [0.717, 1.165) is 11.3 Å². The van der Waals surface area contributed by atoms with Crippen LogP contribution in [0.2, 0.25) is 0 Å². The molecular formula is C14H18N4O3S. The third kappa shape index (κ3) is 2.87. The Morgan fingerprint density at radius 3 is 2.55 bits per heavy atom. The molecule has 0 aliphatic heterocycles. The van der Waals surface area contributed by atoms with Crippen LogP contribution in [0, 0.1) is 6.92 Å². The number of rotatable bonds is 6. The maximum absolute atomic E-state index is 12.7. The predicted octanol–water partition coefficient (Wildman–Crippen LogP) is 0.693. The van der Waals surface area contributed by atoms with Gasteiger partial charge in [0.05, 0.1) is 10.3 Å². The first-order chi connectivity index (χ1) is 10.4. The van der Waals surface area contributed by atoms with Crippen LogP contribution in [-0.2, 0) is 17.8 Å². The van der Waals surface area contributed by atoms with Gasteiger partial charge in [-0.2, -0.15) is 0 Å². The van der Waals surface area contributed by atoms with Crippen molar-refractivity contribution in [3.05, 3.63) is 26.6 Å². The number of primary amides is 2. The summed E-state index contributed by atoms with van der Waals surface area (Å²) in [6.07, 6.45) is 1.26. The molecule has 0 spiro atoms. The summed E-state index contributed by atoms with van der Waals surface area (Å²) in [5.74, 6) is -0.333. The molecule has 118 valence electrons. The second-order valence-corrected chi connectivity index (χ2v) is 6.01. The number of aromatic nitrogens is 2. The van der Waals surface area contributed by atoms with Gasteiger partial charge in [0, 0.05) is 19.4 Å². The molecule has 0 unspecified atom stereocenters. The summed E-state index contributed by atoms with van der Waals surface area (Å²) in [5.41, 5.74) is 10.8. The first-order valence-corrected chi connectivity index (χ1v) is 7.79. The van der Waals surface area contributed by atoms with Crippen molar-refractivity contribution < 1.29 is 9.59 Å². The molecule has 0 saturated heterocycles. The molecule has 2 amide bonds. The Hall–Kier alpha value is -2.22. The number of amides is 2. The topological polar surface area (TPSA) is 121 Å². The number of carbonyl (C=O) groups is 2. The van der Waals surface area contributed by atoms with E-state index in [9.17, 15) is 14.4 Å². The molecule has 0 saturated carbocycles. The van der Waals surface area contributed by atoms with Crippen LogP contribution in [0.15, 0.2) is 4.79 Å². The van der Waals surface area contributed by atoms with E-state index in [2.05, 4.69) is 4.98 Å². The third-order valence-electron chi connectivity index (χ3n) is 3.47. The van der Waals surface area contributed by atoms with E-state index in [-0.39, 0.29) is 12.0 Å². The van der Waals surface area contributed by atoms with E-state index in [1.807, 2.05) is 6.92 Å². The van der Waals surface area contributed by atoms with Gasteiger partial charge in [0.1, 0.15) is 10.7 Å². The minimum absolute atomic E-state index is 0.201. The molecule has 0 aromatic carbocycles. The lowest BCUT2D eigenvalue weighted by atomic mass is 10.2. The molecule has 8 heteroatoms. The largest absolute Gasteiger partial charge is 0.370 e. The van der Waals surface area contributed by atoms with Gasteiger partial charge in [0.15, 0.2) is 0 Å². The Kier molecular flexibility index (Phi) is 4.60. The van der Waals surface area contributed by atoms with Gasteiger partial charge in [-0.3, -0.25) is 19.0 Å². The highest BCUT2D eigenvalue weighted by Crippen LogP contribution is 2.27. The standard InChI is InChI=1S/C14H18N4O3S/c1-3-9-17-13-10(7(2)11(22-13)12(16)20)14(21)18(9)6-4-5-8(15)19/h3-6H2,1-2H3,(H2,15,19)(H2,16,20). The van der Waals surface area contributed by atoms with Crippen LogP contribution in [0.1, 0.15) is 40.8 Å². The molecule has 2 rings (SSSR count). The zero-order chi connectivity index (χ0) is 16.4. The third-order valence-corrected chi connectivity index (χ3v) is 4.67. The minimum Gasteiger partial charge on any atom is -0.370 e. The van der Waals surface area contributed by atoms with E-state index in [1.165, 1.54) is 0 Å². The Morgan fingerprint density at radius 1 is 1.32 bits per heavy atom. The van der Waals surface area contributed by atoms with Crippen LogP contribution in [-0.4, -0.2) is 21.4 Å². The molecule has 0 fully saturated rings. The summed E-state index contributed by atoms with van der Waals surface area (Å²) in [4.78, 5) is 40.3. The molecule has 0 aliphatic rings. The van der Waals surface area contributed by atoms with Crippen molar-refractivity contribution in [3.8, 4) is 0 Å². The summed E-state index contributed by atoms with van der Waals surface area (Å²) >= 11 is 1.14. The molecule has 7 nitrogen and oxygen atoms in total. The van der Waals surface area contributed by atoms with Gasteiger partial charge >= 0.3 is 0 Å². The molecule has 0 bridgehead atoms. The van der Waals surface area contributed by atoms with E-state index in [0.29, 0.717) is 45.9 Å². The number of hydrogen-bond donors (Lipinski definition) is 2. The molecule has 2 aromatic heterocycles. The van der Waals surface area contributed by atoms with Crippen LogP contribution in [0.5, 0.6) is 0 Å². The monoisotopic (exact) mass is 322 g/mol. The highest BCUT2D eigenvalue weighted by molar-refractivity contribution is 7.20.